The second-order valence-corrected chi connectivity index (χ2v) is 10.1. The van der Waals surface area contributed by atoms with Gasteiger partial charge in [-0.2, -0.15) is 0 Å². The maximum Gasteiger partial charge on any atom is 0.251 e. The van der Waals surface area contributed by atoms with Gasteiger partial charge >= 0.3 is 0 Å². The summed E-state index contributed by atoms with van der Waals surface area (Å²) in [5, 5.41) is 6.13. The Balaban J connectivity index is 1.30. The topological polar surface area (TPSA) is 86.9 Å². The fourth-order valence-electron chi connectivity index (χ4n) is 5.00. The Morgan fingerprint density at radius 3 is 2.58 bits per heavy atom. The third-order valence-electron chi connectivity index (χ3n) is 7.19. The average Bonchev–Trinajstić information content (AvgIpc) is 3.52. The van der Waals surface area contributed by atoms with Crippen molar-refractivity contribution < 1.29 is 9.59 Å². The van der Waals surface area contributed by atoms with Crippen LogP contribution in [0.15, 0.2) is 48.2 Å². The quantitative estimate of drug-likeness (QED) is 0.295. The molecule has 1 heterocycles. The molecule has 0 aliphatic heterocycles. The van der Waals surface area contributed by atoms with E-state index >= 15 is 0 Å². The van der Waals surface area contributed by atoms with Gasteiger partial charge in [0, 0.05) is 29.3 Å². The summed E-state index contributed by atoms with van der Waals surface area (Å²) in [4.78, 5) is 33.2. The number of aromatic amines is 1. The number of hydrogen-bond acceptors (Lipinski definition) is 3. The Kier molecular flexibility index (Phi) is 9.54. The van der Waals surface area contributed by atoms with Crippen LogP contribution in [0.25, 0.3) is 16.6 Å². The number of nitrogens with one attached hydrogen (secondary N) is 3. The molecule has 0 saturated heterocycles. The molecule has 3 N–H and O–H groups in total. The van der Waals surface area contributed by atoms with Crippen LogP contribution in [0.4, 0.5) is 0 Å². The molecular formula is C30H40N4O2. The summed E-state index contributed by atoms with van der Waals surface area (Å²) >= 11 is 0. The van der Waals surface area contributed by atoms with Gasteiger partial charge in [-0.3, -0.25) is 9.59 Å². The van der Waals surface area contributed by atoms with Crippen molar-refractivity contribution in [2.45, 2.75) is 84.0 Å². The predicted octanol–water partition coefficient (Wildman–Crippen LogP) is 6.58. The van der Waals surface area contributed by atoms with Crippen molar-refractivity contribution in [1.29, 1.82) is 0 Å². The van der Waals surface area contributed by atoms with E-state index < -0.39 is 0 Å². The number of rotatable bonds is 12. The van der Waals surface area contributed by atoms with Gasteiger partial charge in [0.1, 0.15) is 5.82 Å². The van der Waals surface area contributed by atoms with E-state index in [9.17, 15) is 9.59 Å². The van der Waals surface area contributed by atoms with Gasteiger partial charge in [-0.05, 0) is 56.0 Å². The molecule has 1 aromatic heterocycles. The third kappa shape index (κ3) is 7.19. The Hall–Kier alpha value is -3.15. The minimum absolute atomic E-state index is 0.0422. The first-order valence-corrected chi connectivity index (χ1v) is 13.8. The van der Waals surface area contributed by atoms with Gasteiger partial charge in [-0.15, -0.1) is 0 Å². The van der Waals surface area contributed by atoms with Gasteiger partial charge in [-0.1, -0.05) is 70.4 Å². The fourth-order valence-corrected chi connectivity index (χ4v) is 5.00. The number of H-pyrrole nitrogens is 1. The van der Waals surface area contributed by atoms with Gasteiger partial charge in [0.05, 0.1) is 11.0 Å². The van der Waals surface area contributed by atoms with Crippen LogP contribution in [0, 0.1) is 5.92 Å². The van der Waals surface area contributed by atoms with Crippen molar-refractivity contribution >= 4 is 28.4 Å². The van der Waals surface area contributed by atoms with E-state index in [1.54, 1.807) is 0 Å². The van der Waals surface area contributed by atoms with E-state index in [1.165, 1.54) is 32.1 Å². The molecule has 36 heavy (non-hydrogen) atoms. The molecular weight excluding hydrogens is 448 g/mol. The van der Waals surface area contributed by atoms with Gasteiger partial charge in [-0.25, -0.2) is 4.98 Å². The number of amides is 2. The highest BCUT2D eigenvalue weighted by Crippen LogP contribution is 2.26. The Bertz CT molecular complexity index is 1140. The lowest BCUT2D eigenvalue weighted by Gasteiger charge is -2.10. The Morgan fingerprint density at radius 2 is 1.78 bits per heavy atom. The summed E-state index contributed by atoms with van der Waals surface area (Å²) in [6, 6.07) is 5.60. The van der Waals surface area contributed by atoms with E-state index in [2.05, 4.69) is 28.6 Å². The third-order valence-corrected chi connectivity index (χ3v) is 7.19. The molecule has 2 aliphatic carbocycles. The molecule has 0 spiro atoms. The van der Waals surface area contributed by atoms with E-state index in [4.69, 9.17) is 4.98 Å². The first-order chi connectivity index (χ1) is 17.6. The van der Waals surface area contributed by atoms with Crippen molar-refractivity contribution in [2.24, 2.45) is 5.92 Å². The normalized spacial score (nSPS) is 16.0. The number of nitrogens with zero attached hydrogens (tertiary/aromatic N) is 1. The molecule has 0 bridgehead atoms. The molecule has 1 aromatic carbocycles. The summed E-state index contributed by atoms with van der Waals surface area (Å²) in [6.45, 7) is 2.94. The Labute approximate surface area is 214 Å². The van der Waals surface area contributed by atoms with Crippen molar-refractivity contribution in [3.05, 3.63) is 59.6 Å². The fraction of sp³-hybridized carbons (Fsp3) is 0.500. The summed E-state index contributed by atoms with van der Waals surface area (Å²) in [7, 11) is 0. The van der Waals surface area contributed by atoms with E-state index in [-0.39, 0.29) is 17.7 Å². The lowest BCUT2D eigenvalue weighted by atomic mass is 10.1. The molecule has 1 fully saturated rings. The maximum atomic E-state index is 12.6. The van der Waals surface area contributed by atoms with Gasteiger partial charge < -0.3 is 15.6 Å². The number of allylic oxidation sites excluding steroid dienone is 5. The molecule has 0 atom stereocenters. The lowest BCUT2D eigenvalue weighted by Crippen LogP contribution is -2.28. The van der Waals surface area contributed by atoms with Crippen LogP contribution in [0.3, 0.4) is 0 Å². The number of imidazole rings is 1. The van der Waals surface area contributed by atoms with Gasteiger partial charge in [0.15, 0.2) is 0 Å². The van der Waals surface area contributed by atoms with Crippen LogP contribution in [0.1, 0.15) is 100 Å². The van der Waals surface area contributed by atoms with Crippen molar-refractivity contribution in [3.8, 4) is 0 Å². The second-order valence-electron chi connectivity index (χ2n) is 10.1. The highest BCUT2D eigenvalue weighted by Gasteiger charge is 2.23. The van der Waals surface area contributed by atoms with E-state index in [0.29, 0.717) is 18.5 Å². The molecule has 0 radical (unpaired) electrons. The molecule has 0 unspecified atom stereocenters. The highest BCUT2D eigenvalue weighted by atomic mass is 16.2. The van der Waals surface area contributed by atoms with Crippen molar-refractivity contribution in [2.75, 3.05) is 6.54 Å². The second kappa shape index (κ2) is 13.2. The van der Waals surface area contributed by atoms with Gasteiger partial charge in [0.25, 0.3) is 5.91 Å². The molecule has 2 aromatic rings. The van der Waals surface area contributed by atoms with Gasteiger partial charge in [0.2, 0.25) is 5.91 Å². The van der Waals surface area contributed by atoms with Crippen molar-refractivity contribution in [3.63, 3.8) is 0 Å². The molecule has 1 saturated carbocycles. The number of aromatic nitrogens is 2. The van der Waals surface area contributed by atoms with Crippen LogP contribution in [-0.4, -0.2) is 28.3 Å². The molecule has 6 heteroatoms. The highest BCUT2D eigenvalue weighted by molar-refractivity contribution is 5.97. The zero-order chi connectivity index (χ0) is 25.2. The SMILES string of the molecule is CCCCCCCCCNC(=O)c1ccc2nc(C3=CCC=C(NC(=O)C4CCCC4)C=C3)[nH]c2c1. The van der Waals surface area contributed by atoms with Crippen LogP contribution in [-0.2, 0) is 4.79 Å². The number of unbranched alkanes of at least 4 members (excludes halogenated alkanes) is 6. The number of hydrogen-bond donors (Lipinski definition) is 3. The summed E-state index contributed by atoms with van der Waals surface area (Å²) in [6.07, 6.45) is 21.7. The molecule has 4 rings (SSSR count). The number of benzene rings is 1. The molecule has 192 valence electrons. The van der Waals surface area contributed by atoms with E-state index in [0.717, 1.165) is 66.7 Å². The van der Waals surface area contributed by atoms with Crippen LogP contribution in [0.2, 0.25) is 0 Å². The minimum Gasteiger partial charge on any atom is -0.352 e. The van der Waals surface area contributed by atoms with Crippen LogP contribution in [0.5, 0.6) is 0 Å². The standard InChI is InChI=1S/C30H40N4O2/c1-2-3-4-5-6-7-10-20-31-29(35)24-17-19-26-27(21-24)34-28(33-26)22-14-11-15-25(18-16-22)32-30(36)23-12-8-9-13-23/h14-19,21,23H,2-13,20H2,1H3,(H,31,35)(H,32,36)(H,33,34). The zero-order valence-corrected chi connectivity index (χ0v) is 21.6. The van der Waals surface area contributed by atoms with E-state index in [1.807, 2.05) is 36.4 Å². The molecule has 6 nitrogen and oxygen atoms in total. The number of carbonyl (C=O) groups is 2. The molecule has 2 amide bonds. The minimum atomic E-state index is -0.0422. The predicted molar refractivity (Wildman–Crippen MR) is 146 cm³/mol. The number of fused-ring (bicyclic) bond motifs is 1. The smallest absolute Gasteiger partial charge is 0.251 e. The zero-order valence-electron chi connectivity index (χ0n) is 21.6. The lowest BCUT2D eigenvalue weighted by molar-refractivity contribution is -0.124. The Morgan fingerprint density at radius 1 is 1.00 bits per heavy atom. The monoisotopic (exact) mass is 488 g/mol. The van der Waals surface area contributed by atoms with Crippen LogP contribution < -0.4 is 10.6 Å². The van der Waals surface area contributed by atoms with Crippen molar-refractivity contribution in [1.82, 2.24) is 20.6 Å². The number of carbonyl (C=O) groups excluding carboxylic acids is 2. The summed E-state index contributed by atoms with van der Waals surface area (Å²) in [5.74, 6) is 0.999. The maximum absolute atomic E-state index is 12.6. The van der Waals surface area contributed by atoms with Crippen LogP contribution >= 0.6 is 0 Å². The largest absolute Gasteiger partial charge is 0.352 e. The first kappa shape index (κ1) is 25.9. The summed E-state index contributed by atoms with van der Waals surface area (Å²) in [5.41, 5.74) is 4.13. The summed E-state index contributed by atoms with van der Waals surface area (Å²) < 4.78 is 0. The molecule has 2 aliphatic rings. The first-order valence-electron chi connectivity index (χ1n) is 13.8. The average molecular weight is 489 g/mol.